The topological polar surface area (TPSA) is 63.1 Å². The molecule has 1 aromatic heterocycles. The van der Waals surface area contributed by atoms with Crippen LogP contribution in [0.25, 0.3) is 11.3 Å². The maximum atomic E-state index is 12.3. The summed E-state index contributed by atoms with van der Waals surface area (Å²) in [6.07, 6.45) is 0. The quantitative estimate of drug-likeness (QED) is 0.489. The van der Waals surface area contributed by atoms with Crippen LogP contribution in [0.1, 0.15) is 15.9 Å². The van der Waals surface area contributed by atoms with Crippen molar-refractivity contribution in [1.82, 2.24) is 15.4 Å². The van der Waals surface area contributed by atoms with Crippen molar-refractivity contribution < 1.29 is 9.59 Å². The molecule has 2 N–H and O–H groups in total. The number of nitrogens with zero attached hydrogens (tertiary/aromatic N) is 1. The van der Waals surface area contributed by atoms with Gasteiger partial charge in [-0.3, -0.25) is 20.4 Å². The van der Waals surface area contributed by atoms with Crippen LogP contribution in [0.4, 0.5) is 0 Å². The number of aryl methyl sites for hydroxylation is 1. The minimum absolute atomic E-state index is 0.00639. The highest BCUT2D eigenvalue weighted by atomic mass is 35.5. The molecular weight excluding hydrogens is 402 g/mol. The van der Waals surface area contributed by atoms with Crippen LogP contribution in [0, 0.1) is 10.9 Å². The second-order valence-electron chi connectivity index (χ2n) is 5.85. The Labute approximate surface area is 170 Å². The molecule has 27 heavy (non-hydrogen) atoms. The lowest BCUT2D eigenvalue weighted by molar-refractivity contribution is -0.122. The van der Waals surface area contributed by atoms with Gasteiger partial charge in [0.25, 0.3) is 11.8 Å². The Kier molecular flexibility index (Phi) is 6.05. The molecule has 0 aliphatic carbocycles. The first-order chi connectivity index (χ1) is 12.9. The number of carbonyl (C=O) groups excluding carboxylic acids is 2. The van der Waals surface area contributed by atoms with E-state index in [-0.39, 0.29) is 12.5 Å². The zero-order valence-electron chi connectivity index (χ0n) is 14.4. The van der Waals surface area contributed by atoms with Crippen LogP contribution in [0.2, 0.25) is 5.02 Å². The van der Waals surface area contributed by atoms with E-state index in [0.717, 1.165) is 16.8 Å². The molecule has 0 bridgehead atoms. The number of aromatic nitrogens is 1. The monoisotopic (exact) mass is 417 g/mol. The highest BCUT2D eigenvalue weighted by Crippen LogP contribution is 2.24. The molecule has 2 amide bonds. The molecule has 5 nitrogen and oxygen atoms in total. The van der Waals surface area contributed by atoms with Crippen molar-refractivity contribution in [3.05, 3.63) is 74.0 Å². The van der Waals surface area contributed by atoms with Gasteiger partial charge in [-0.25, -0.2) is 0 Å². The Morgan fingerprint density at radius 1 is 1.07 bits per heavy atom. The lowest BCUT2D eigenvalue weighted by Gasteiger charge is -2.11. The van der Waals surface area contributed by atoms with Crippen LogP contribution in [0.15, 0.2) is 53.9 Å². The molecular formula is C19H16ClN3O2S2. The molecule has 8 heteroatoms. The number of hydrogen-bond donors (Lipinski definition) is 2. The second kappa shape index (κ2) is 8.47. The van der Waals surface area contributed by atoms with E-state index in [9.17, 15) is 9.59 Å². The normalized spacial score (nSPS) is 10.4. The third-order valence-corrected chi connectivity index (χ3v) is 5.38. The lowest BCUT2D eigenvalue weighted by Crippen LogP contribution is -2.43. The van der Waals surface area contributed by atoms with E-state index < -0.39 is 5.91 Å². The van der Waals surface area contributed by atoms with Crippen molar-refractivity contribution >= 4 is 47.0 Å². The summed E-state index contributed by atoms with van der Waals surface area (Å²) in [5.41, 5.74) is 8.20. The zero-order chi connectivity index (χ0) is 19.4. The van der Waals surface area contributed by atoms with Gasteiger partial charge in [0.05, 0.1) is 5.69 Å². The molecule has 2 aromatic carbocycles. The third-order valence-electron chi connectivity index (χ3n) is 3.85. The first-order valence-electron chi connectivity index (χ1n) is 8.04. The van der Waals surface area contributed by atoms with Crippen LogP contribution >= 0.6 is 35.2 Å². The van der Waals surface area contributed by atoms with Crippen molar-refractivity contribution in [3.63, 3.8) is 0 Å². The smallest absolute Gasteiger partial charge is 0.269 e. The highest BCUT2D eigenvalue weighted by Gasteiger charge is 2.12. The first-order valence-corrected chi connectivity index (χ1v) is 9.71. The molecule has 0 aliphatic rings. The maximum absolute atomic E-state index is 12.3. The van der Waals surface area contributed by atoms with E-state index in [2.05, 4.69) is 10.9 Å². The summed E-state index contributed by atoms with van der Waals surface area (Å²) in [4.78, 5) is 24.3. The lowest BCUT2D eigenvalue weighted by atomic mass is 10.1. The van der Waals surface area contributed by atoms with E-state index in [4.69, 9.17) is 23.8 Å². The van der Waals surface area contributed by atoms with Crippen molar-refractivity contribution in [2.45, 2.75) is 13.5 Å². The molecule has 0 spiro atoms. The molecule has 138 valence electrons. The fourth-order valence-corrected chi connectivity index (χ4v) is 3.61. The number of hydrazine groups is 1. The maximum Gasteiger partial charge on any atom is 0.269 e. The molecule has 0 radical (unpaired) electrons. The molecule has 3 rings (SSSR count). The number of halogens is 1. The van der Waals surface area contributed by atoms with Gasteiger partial charge < -0.3 is 4.57 Å². The molecule has 0 atom stereocenters. The van der Waals surface area contributed by atoms with Crippen molar-refractivity contribution in [2.75, 3.05) is 0 Å². The van der Waals surface area contributed by atoms with E-state index in [1.165, 1.54) is 11.3 Å². The molecule has 0 aliphatic heterocycles. The minimum atomic E-state index is -0.423. The van der Waals surface area contributed by atoms with Gasteiger partial charge in [0, 0.05) is 16.0 Å². The summed E-state index contributed by atoms with van der Waals surface area (Å²) in [5.74, 6) is -0.798. The largest absolute Gasteiger partial charge is 0.313 e. The van der Waals surface area contributed by atoms with Gasteiger partial charge in [-0.05, 0) is 49.0 Å². The van der Waals surface area contributed by atoms with Gasteiger partial charge >= 0.3 is 0 Å². The average molecular weight is 418 g/mol. The molecule has 1 heterocycles. The van der Waals surface area contributed by atoms with Gasteiger partial charge in [0.15, 0.2) is 3.95 Å². The Morgan fingerprint density at radius 3 is 2.41 bits per heavy atom. The molecule has 0 unspecified atom stereocenters. The third kappa shape index (κ3) is 4.82. The number of hydrogen-bond acceptors (Lipinski definition) is 4. The van der Waals surface area contributed by atoms with Crippen molar-refractivity contribution in [1.29, 1.82) is 0 Å². The Bertz CT molecular complexity index is 1020. The fourth-order valence-electron chi connectivity index (χ4n) is 2.41. The Morgan fingerprint density at radius 2 is 1.74 bits per heavy atom. The van der Waals surface area contributed by atoms with E-state index in [0.29, 0.717) is 14.5 Å². The average Bonchev–Trinajstić information content (AvgIpc) is 3.01. The molecule has 0 saturated carbocycles. The summed E-state index contributed by atoms with van der Waals surface area (Å²) in [7, 11) is 0. The van der Waals surface area contributed by atoms with Crippen molar-refractivity contribution in [2.24, 2.45) is 0 Å². The standard InChI is InChI=1S/C19H16ClN3O2S2/c1-12-2-4-13(5-3-12)16-11-27-19(26)23(16)10-17(24)21-22-18(25)14-6-8-15(20)9-7-14/h2-9,11H,10H2,1H3,(H,21,24)(H,22,25). The van der Waals surface area contributed by atoms with Crippen LogP contribution in [-0.4, -0.2) is 16.4 Å². The number of amides is 2. The first kappa shape index (κ1) is 19.3. The number of nitrogens with one attached hydrogen (secondary N) is 2. The van der Waals surface area contributed by atoms with Gasteiger partial charge in [0.1, 0.15) is 6.54 Å². The Balaban J connectivity index is 1.67. The highest BCUT2D eigenvalue weighted by molar-refractivity contribution is 7.73. The predicted octanol–water partition coefficient (Wildman–Crippen LogP) is 4.37. The Hall–Kier alpha value is -2.48. The van der Waals surface area contributed by atoms with Crippen LogP contribution in [0.3, 0.4) is 0 Å². The summed E-state index contributed by atoms with van der Waals surface area (Å²) in [6, 6.07) is 14.4. The molecule has 3 aromatic rings. The summed E-state index contributed by atoms with van der Waals surface area (Å²) >= 11 is 12.5. The summed E-state index contributed by atoms with van der Waals surface area (Å²) < 4.78 is 2.33. The fraction of sp³-hybridized carbons (Fsp3) is 0.105. The second-order valence-corrected chi connectivity index (χ2v) is 7.79. The van der Waals surface area contributed by atoms with Gasteiger partial charge in [-0.2, -0.15) is 0 Å². The minimum Gasteiger partial charge on any atom is -0.313 e. The van der Waals surface area contributed by atoms with Crippen LogP contribution < -0.4 is 10.9 Å². The van der Waals surface area contributed by atoms with Gasteiger partial charge in [-0.1, -0.05) is 41.4 Å². The van der Waals surface area contributed by atoms with Crippen LogP contribution in [0.5, 0.6) is 0 Å². The zero-order valence-corrected chi connectivity index (χ0v) is 16.8. The van der Waals surface area contributed by atoms with E-state index in [1.807, 2.05) is 36.6 Å². The summed E-state index contributed by atoms with van der Waals surface area (Å²) in [6.45, 7) is 2.02. The number of benzene rings is 2. The number of carbonyl (C=O) groups is 2. The number of thiazole rings is 1. The van der Waals surface area contributed by atoms with Crippen LogP contribution in [-0.2, 0) is 11.3 Å². The molecule has 0 fully saturated rings. The van der Waals surface area contributed by atoms with E-state index >= 15 is 0 Å². The molecule has 0 saturated heterocycles. The van der Waals surface area contributed by atoms with Gasteiger partial charge in [0.2, 0.25) is 0 Å². The predicted molar refractivity (Wildman–Crippen MR) is 110 cm³/mol. The summed E-state index contributed by atoms with van der Waals surface area (Å²) in [5, 5.41) is 2.46. The van der Waals surface area contributed by atoms with Crippen molar-refractivity contribution in [3.8, 4) is 11.3 Å². The SMILES string of the molecule is Cc1ccc(-c2csc(=S)n2CC(=O)NNC(=O)c2ccc(Cl)cc2)cc1. The van der Waals surface area contributed by atoms with Gasteiger partial charge in [-0.15, -0.1) is 11.3 Å². The number of rotatable bonds is 4. The van der Waals surface area contributed by atoms with E-state index in [1.54, 1.807) is 28.8 Å².